The van der Waals surface area contributed by atoms with Crippen molar-refractivity contribution < 1.29 is 23.9 Å². The summed E-state index contributed by atoms with van der Waals surface area (Å²) < 4.78 is 5.39. The maximum atomic E-state index is 12.9. The average Bonchev–Trinajstić information content (AvgIpc) is 3.40. The summed E-state index contributed by atoms with van der Waals surface area (Å²) in [5.74, 6) is -1.17. The second-order valence-corrected chi connectivity index (χ2v) is 8.99. The zero-order valence-corrected chi connectivity index (χ0v) is 20.7. The van der Waals surface area contributed by atoms with Crippen molar-refractivity contribution in [3.05, 3.63) is 95.0 Å². The number of amides is 3. The first-order chi connectivity index (χ1) is 17.9. The second-order valence-electron chi connectivity index (χ2n) is 8.59. The number of carbonyl (C=O) groups excluding carboxylic acids is 4. The molecule has 4 rings (SSSR count). The van der Waals surface area contributed by atoms with E-state index in [1.165, 1.54) is 4.90 Å². The van der Waals surface area contributed by atoms with E-state index >= 15 is 0 Å². The van der Waals surface area contributed by atoms with Crippen LogP contribution in [-0.4, -0.2) is 41.2 Å². The third-order valence-corrected chi connectivity index (χ3v) is 6.27. The Labute approximate surface area is 219 Å². The molecule has 0 aliphatic carbocycles. The van der Waals surface area contributed by atoms with Crippen LogP contribution in [0.15, 0.2) is 78.9 Å². The van der Waals surface area contributed by atoms with E-state index in [-0.39, 0.29) is 24.7 Å². The number of ether oxygens (including phenoxy) is 1. The van der Waals surface area contributed by atoms with Gasteiger partial charge in [-0.1, -0.05) is 54.1 Å². The lowest BCUT2D eigenvalue weighted by Gasteiger charge is -2.23. The molecular weight excluding hydrogens is 494 g/mol. The highest BCUT2D eigenvalue weighted by Gasteiger charge is 2.35. The van der Waals surface area contributed by atoms with Crippen molar-refractivity contribution in [1.29, 1.82) is 0 Å². The number of anilines is 2. The molecule has 0 radical (unpaired) electrons. The molecule has 1 atom stereocenters. The first-order valence-corrected chi connectivity index (χ1v) is 12.2. The molecule has 1 fully saturated rings. The number of Topliss-reactive ketones (excluding diaryl/α,β-unsaturated/α-hetero) is 1. The Morgan fingerprint density at radius 1 is 0.892 bits per heavy atom. The Morgan fingerprint density at radius 3 is 2.32 bits per heavy atom. The minimum absolute atomic E-state index is 0.135. The van der Waals surface area contributed by atoms with Crippen molar-refractivity contribution in [1.82, 2.24) is 4.90 Å². The molecule has 190 valence electrons. The van der Waals surface area contributed by atoms with Crippen LogP contribution in [0, 0.1) is 0 Å². The van der Waals surface area contributed by atoms with E-state index in [1.807, 2.05) is 30.3 Å². The number of likely N-dealkylation sites (tertiary alicyclic amines) is 1. The molecule has 1 saturated heterocycles. The van der Waals surface area contributed by atoms with E-state index < -0.39 is 18.0 Å². The van der Waals surface area contributed by atoms with Gasteiger partial charge in [0.1, 0.15) is 12.6 Å². The molecule has 37 heavy (non-hydrogen) atoms. The van der Waals surface area contributed by atoms with Gasteiger partial charge in [0.15, 0.2) is 5.78 Å². The molecule has 0 saturated carbocycles. The molecule has 0 spiro atoms. The number of nitrogens with zero attached hydrogens (tertiary/aromatic N) is 1. The fraction of sp³-hybridized carbons (Fsp3) is 0.214. The molecule has 3 aromatic carbocycles. The summed E-state index contributed by atoms with van der Waals surface area (Å²) >= 11 is 6.03. The zero-order chi connectivity index (χ0) is 26.2. The summed E-state index contributed by atoms with van der Waals surface area (Å²) in [4.78, 5) is 51.6. The summed E-state index contributed by atoms with van der Waals surface area (Å²) in [5, 5.41) is 5.80. The van der Waals surface area contributed by atoms with Gasteiger partial charge in [-0.05, 0) is 54.8 Å². The largest absolute Gasteiger partial charge is 0.445 e. The molecule has 9 heteroatoms. The van der Waals surface area contributed by atoms with Crippen LogP contribution in [0.5, 0.6) is 0 Å². The van der Waals surface area contributed by atoms with Crippen molar-refractivity contribution >= 4 is 46.7 Å². The summed E-state index contributed by atoms with van der Waals surface area (Å²) in [6.07, 6.45) is 0.350. The van der Waals surface area contributed by atoms with Crippen molar-refractivity contribution in [2.24, 2.45) is 0 Å². The summed E-state index contributed by atoms with van der Waals surface area (Å²) in [5.41, 5.74) is 2.11. The lowest BCUT2D eigenvalue weighted by Crippen LogP contribution is -2.43. The van der Waals surface area contributed by atoms with Gasteiger partial charge >= 0.3 is 6.09 Å². The summed E-state index contributed by atoms with van der Waals surface area (Å²) in [7, 11) is 0. The first-order valence-electron chi connectivity index (χ1n) is 11.9. The fourth-order valence-corrected chi connectivity index (χ4v) is 4.21. The predicted octanol–water partition coefficient (Wildman–Crippen LogP) is 5.29. The molecule has 8 nitrogen and oxygen atoms in total. The summed E-state index contributed by atoms with van der Waals surface area (Å²) in [6.45, 7) is 0.575. The van der Waals surface area contributed by atoms with E-state index in [1.54, 1.807) is 48.5 Å². The van der Waals surface area contributed by atoms with Gasteiger partial charge in [0, 0.05) is 17.8 Å². The van der Waals surface area contributed by atoms with Gasteiger partial charge < -0.3 is 15.4 Å². The lowest BCUT2D eigenvalue weighted by molar-refractivity contribution is -0.120. The highest BCUT2D eigenvalue weighted by atomic mass is 35.5. The van der Waals surface area contributed by atoms with Crippen molar-refractivity contribution in [3.63, 3.8) is 0 Å². The van der Waals surface area contributed by atoms with Gasteiger partial charge in [-0.2, -0.15) is 0 Å². The van der Waals surface area contributed by atoms with Crippen LogP contribution in [0.1, 0.15) is 35.2 Å². The minimum Gasteiger partial charge on any atom is -0.445 e. The number of hydrogen-bond acceptors (Lipinski definition) is 5. The quantitative estimate of drug-likeness (QED) is 0.311. The Kier molecular flexibility index (Phi) is 8.53. The van der Waals surface area contributed by atoms with Crippen LogP contribution < -0.4 is 10.6 Å². The van der Waals surface area contributed by atoms with E-state index in [2.05, 4.69) is 10.6 Å². The molecule has 1 unspecified atom stereocenters. The maximum absolute atomic E-state index is 12.9. The maximum Gasteiger partial charge on any atom is 0.410 e. The number of hydrogen-bond donors (Lipinski definition) is 2. The van der Waals surface area contributed by atoms with Crippen molar-refractivity contribution in [2.45, 2.75) is 31.9 Å². The van der Waals surface area contributed by atoms with Crippen LogP contribution in [0.4, 0.5) is 16.2 Å². The standard InChI is InChI=1S/C28H26ClN3O5/c29-22-9-4-5-10-23(22)31-26(34)17-25(33)20-12-14-21(15-13-20)30-27(35)24-11-6-16-32(24)28(36)37-18-19-7-2-1-3-8-19/h1-5,7-10,12-15,24H,6,11,16-18H2,(H,30,35)(H,31,34). The van der Waals surface area contributed by atoms with Crippen LogP contribution in [0.25, 0.3) is 0 Å². The van der Waals surface area contributed by atoms with Crippen LogP contribution in [0.3, 0.4) is 0 Å². The SMILES string of the molecule is O=C(CC(=O)c1ccc(NC(=O)C2CCCN2C(=O)OCc2ccccc2)cc1)Nc1ccccc1Cl. The number of halogens is 1. The first kappa shape index (κ1) is 25.9. The smallest absolute Gasteiger partial charge is 0.410 e. The number of ketones is 1. The van der Waals surface area contributed by atoms with Gasteiger partial charge in [-0.3, -0.25) is 19.3 Å². The monoisotopic (exact) mass is 519 g/mol. The van der Waals surface area contributed by atoms with Gasteiger partial charge in [0.05, 0.1) is 17.1 Å². The molecule has 0 aromatic heterocycles. The van der Waals surface area contributed by atoms with Gasteiger partial charge in [0.2, 0.25) is 11.8 Å². The second kappa shape index (κ2) is 12.2. The minimum atomic E-state index is -0.641. The summed E-state index contributed by atoms with van der Waals surface area (Å²) in [6, 6.07) is 21.7. The van der Waals surface area contributed by atoms with Crippen molar-refractivity contribution in [3.8, 4) is 0 Å². The number of para-hydroxylation sites is 1. The zero-order valence-electron chi connectivity index (χ0n) is 20.0. The van der Waals surface area contributed by atoms with Crippen LogP contribution >= 0.6 is 11.6 Å². The third kappa shape index (κ3) is 6.95. The number of benzene rings is 3. The van der Waals surface area contributed by atoms with Crippen LogP contribution in [0.2, 0.25) is 5.02 Å². The highest BCUT2D eigenvalue weighted by molar-refractivity contribution is 6.33. The Balaban J connectivity index is 1.29. The van der Waals surface area contributed by atoms with Gasteiger partial charge in [-0.15, -0.1) is 0 Å². The van der Waals surface area contributed by atoms with Crippen molar-refractivity contribution in [2.75, 3.05) is 17.2 Å². The number of rotatable bonds is 8. The topological polar surface area (TPSA) is 105 Å². The van der Waals surface area contributed by atoms with E-state index in [9.17, 15) is 19.2 Å². The predicted molar refractivity (Wildman–Crippen MR) is 140 cm³/mol. The number of carbonyl (C=O) groups is 4. The molecule has 2 N–H and O–H groups in total. The molecule has 1 aliphatic rings. The Morgan fingerprint density at radius 2 is 1.59 bits per heavy atom. The highest BCUT2D eigenvalue weighted by Crippen LogP contribution is 2.22. The van der Waals surface area contributed by atoms with Gasteiger partial charge in [-0.25, -0.2) is 4.79 Å². The third-order valence-electron chi connectivity index (χ3n) is 5.94. The van der Waals surface area contributed by atoms with E-state index in [0.717, 1.165) is 5.56 Å². The number of nitrogens with one attached hydrogen (secondary N) is 2. The molecule has 3 aromatic rings. The Bertz CT molecular complexity index is 1280. The average molecular weight is 520 g/mol. The normalized spacial score (nSPS) is 14.6. The lowest BCUT2D eigenvalue weighted by atomic mass is 10.1. The Hall–Kier alpha value is -4.17. The molecule has 0 bridgehead atoms. The molecule has 1 heterocycles. The molecule has 1 aliphatic heterocycles. The molecular formula is C28H26ClN3O5. The van der Waals surface area contributed by atoms with Gasteiger partial charge in [0.25, 0.3) is 0 Å². The van der Waals surface area contributed by atoms with E-state index in [0.29, 0.717) is 41.3 Å². The molecule has 3 amide bonds. The fourth-order valence-electron chi connectivity index (χ4n) is 4.03. The van der Waals surface area contributed by atoms with Crippen LogP contribution in [-0.2, 0) is 20.9 Å². The van der Waals surface area contributed by atoms with E-state index in [4.69, 9.17) is 16.3 Å².